The minimum absolute atomic E-state index is 0. The molecule has 3 rings (SSSR count). The second-order valence-corrected chi connectivity index (χ2v) is 8.99. The monoisotopic (exact) mass is 367 g/mol. The largest absolute Gasteiger partial charge is 0.379 e. The predicted octanol–water partition coefficient (Wildman–Crippen LogP) is 0.534. The fraction of sp³-hybridized carbons (Fsp3) is 1.00. The molecule has 136 valence electrons. The number of sulfonamides is 1. The Balaban J connectivity index is 0.00000192. The van der Waals surface area contributed by atoms with Crippen LogP contribution in [0, 0.1) is 5.92 Å². The number of likely N-dealkylation sites (tertiary alicyclic amines) is 1. The molecule has 0 amide bonds. The van der Waals surface area contributed by atoms with Gasteiger partial charge in [0.25, 0.3) is 0 Å². The SMILES string of the molecule is Cl.O=S(=O)(C1CCCN(CC2CCNCC2)C1)N1CCOCC1. The molecule has 0 spiro atoms. The number of nitrogens with one attached hydrogen (secondary N) is 1. The van der Waals surface area contributed by atoms with Crippen molar-refractivity contribution >= 4 is 22.4 Å². The maximum absolute atomic E-state index is 12.8. The Hall–Kier alpha value is 0.0800. The van der Waals surface area contributed by atoms with Gasteiger partial charge in [0.05, 0.1) is 18.5 Å². The van der Waals surface area contributed by atoms with E-state index in [2.05, 4.69) is 10.2 Å². The van der Waals surface area contributed by atoms with Crippen LogP contribution < -0.4 is 5.32 Å². The first-order valence-electron chi connectivity index (χ1n) is 8.66. The van der Waals surface area contributed by atoms with E-state index >= 15 is 0 Å². The number of halogens is 1. The first-order chi connectivity index (χ1) is 10.7. The molecule has 0 aromatic heterocycles. The molecule has 0 aromatic rings. The lowest BCUT2D eigenvalue weighted by Crippen LogP contribution is -2.51. The average Bonchev–Trinajstić information content (AvgIpc) is 2.57. The lowest BCUT2D eigenvalue weighted by molar-refractivity contribution is 0.0717. The van der Waals surface area contributed by atoms with Crippen LogP contribution in [0.3, 0.4) is 0 Å². The molecule has 0 aliphatic carbocycles. The highest BCUT2D eigenvalue weighted by atomic mass is 35.5. The summed E-state index contributed by atoms with van der Waals surface area (Å²) in [5.41, 5.74) is 0. The first kappa shape index (κ1) is 19.4. The van der Waals surface area contributed by atoms with Gasteiger partial charge in [-0.1, -0.05) is 0 Å². The Morgan fingerprint density at radius 3 is 2.43 bits per heavy atom. The molecular weight excluding hydrogens is 338 g/mol. The molecule has 3 aliphatic rings. The minimum Gasteiger partial charge on any atom is -0.379 e. The van der Waals surface area contributed by atoms with Crippen molar-refractivity contribution in [1.82, 2.24) is 14.5 Å². The summed E-state index contributed by atoms with van der Waals surface area (Å²) in [6.45, 7) is 7.15. The van der Waals surface area contributed by atoms with Gasteiger partial charge in [0, 0.05) is 26.2 Å². The summed E-state index contributed by atoms with van der Waals surface area (Å²) >= 11 is 0. The van der Waals surface area contributed by atoms with Gasteiger partial charge in [0.15, 0.2) is 0 Å². The van der Waals surface area contributed by atoms with E-state index in [9.17, 15) is 8.42 Å². The highest BCUT2D eigenvalue weighted by molar-refractivity contribution is 7.89. The molecule has 6 nitrogen and oxygen atoms in total. The molecule has 0 radical (unpaired) electrons. The molecule has 0 aromatic carbocycles. The molecule has 0 saturated carbocycles. The lowest BCUT2D eigenvalue weighted by atomic mass is 9.96. The van der Waals surface area contributed by atoms with Gasteiger partial charge in [-0.3, -0.25) is 0 Å². The number of ether oxygens (including phenoxy) is 1. The van der Waals surface area contributed by atoms with Crippen molar-refractivity contribution in [3.8, 4) is 0 Å². The number of hydrogen-bond acceptors (Lipinski definition) is 5. The fourth-order valence-electron chi connectivity index (χ4n) is 3.86. The summed E-state index contributed by atoms with van der Waals surface area (Å²) in [6.07, 6.45) is 4.25. The number of rotatable bonds is 4. The van der Waals surface area contributed by atoms with Gasteiger partial charge in [-0.25, -0.2) is 8.42 Å². The topological polar surface area (TPSA) is 61.9 Å². The maximum atomic E-state index is 12.8. The molecule has 3 saturated heterocycles. The molecule has 3 heterocycles. The molecular formula is C15H30ClN3O3S. The summed E-state index contributed by atoms with van der Waals surface area (Å²) in [7, 11) is -3.16. The second kappa shape index (κ2) is 8.97. The molecule has 1 N–H and O–H groups in total. The zero-order valence-electron chi connectivity index (χ0n) is 13.8. The van der Waals surface area contributed by atoms with Crippen molar-refractivity contribution in [2.24, 2.45) is 5.92 Å². The van der Waals surface area contributed by atoms with Crippen molar-refractivity contribution in [2.75, 3.05) is 59.0 Å². The molecule has 3 aliphatic heterocycles. The fourth-order valence-corrected chi connectivity index (χ4v) is 5.81. The number of nitrogens with zero attached hydrogens (tertiary/aromatic N) is 2. The zero-order valence-corrected chi connectivity index (χ0v) is 15.4. The molecule has 3 fully saturated rings. The van der Waals surface area contributed by atoms with Gasteiger partial charge in [0.1, 0.15) is 0 Å². The van der Waals surface area contributed by atoms with Crippen LogP contribution in [0.2, 0.25) is 0 Å². The van der Waals surface area contributed by atoms with Crippen molar-refractivity contribution in [3.63, 3.8) is 0 Å². The molecule has 8 heteroatoms. The first-order valence-corrected chi connectivity index (χ1v) is 10.2. The highest BCUT2D eigenvalue weighted by Crippen LogP contribution is 2.23. The average molecular weight is 368 g/mol. The maximum Gasteiger partial charge on any atom is 0.218 e. The smallest absolute Gasteiger partial charge is 0.218 e. The van der Waals surface area contributed by atoms with Gasteiger partial charge in [0.2, 0.25) is 10.0 Å². The normalized spacial score (nSPS) is 29.1. The van der Waals surface area contributed by atoms with Crippen LogP contribution in [0.1, 0.15) is 25.7 Å². The summed E-state index contributed by atoms with van der Waals surface area (Å²) in [4.78, 5) is 2.39. The van der Waals surface area contributed by atoms with Crippen molar-refractivity contribution in [1.29, 1.82) is 0 Å². The quantitative estimate of drug-likeness (QED) is 0.785. The molecule has 0 bridgehead atoms. The van der Waals surface area contributed by atoms with E-state index in [0.29, 0.717) is 32.8 Å². The zero-order chi connectivity index (χ0) is 15.4. The molecule has 1 unspecified atom stereocenters. The third kappa shape index (κ3) is 5.03. The summed E-state index contributed by atoms with van der Waals surface area (Å²) < 4.78 is 32.6. The summed E-state index contributed by atoms with van der Waals surface area (Å²) in [5, 5.41) is 3.17. The van der Waals surface area contributed by atoms with Crippen LogP contribution in [0.15, 0.2) is 0 Å². The highest BCUT2D eigenvalue weighted by Gasteiger charge is 2.36. The van der Waals surface area contributed by atoms with E-state index in [0.717, 1.165) is 44.9 Å². The Kier molecular flexibility index (Phi) is 7.56. The van der Waals surface area contributed by atoms with Crippen LogP contribution in [0.25, 0.3) is 0 Å². The van der Waals surface area contributed by atoms with Crippen molar-refractivity contribution in [3.05, 3.63) is 0 Å². The van der Waals surface area contributed by atoms with Crippen LogP contribution in [-0.2, 0) is 14.8 Å². The van der Waals surface area contributed by atoms with E-state index < -0.39 is 10.0 Å². The van der Waals surface area contributed by atoms with Crippen LogP contribution in [-0.4, -0.2) is 81.9 Å². The van der Waals surface area contributed by atoms with E-state index in [4.69, 9.17) is 4.74 Å². The number of hydrogen-bond donors (Lipinski definition) is 1. The van der Waals surface area contributed by atoms with E-state index in [1.54, 1.807) is 4.31 Å². The summed E-state index contributed by atoms with van der Waals surface area (Å²) in [6, 6.07) is 0. The van der Waals surface area contributed by atoms with E-state index in [1.165, 1.54) is 12.8 Å². The minimum atomic E-state index is -3.16. The van der Waals surface area contributed by atoms with E-state index in [-0.39, 0.29) is 17.7 Å². The van der Waals surface area contributed by atoms with Gasteiger partial charge >= 0.3 is 0 Å². The third-order valence-corrected chi connectivity index (χ3v) is 7.50. The number of piperidine rings is 2. The number of morpholine rings is 1. The second-order valence-electron chi connectivity index (χ2n) is 6.77. The van der Waals surface area contributed by atoms with Crippen molar-refractivity contribution in [2.45, 2.75) is 30.9 Å². The Morgan fingerprint density at radius 2 is 1.74 bits per heavy atom. The van der Waals surface area contributed by atoms with Crippen LogP contribution >= 0.6 is 12.4 Å². The predicted molar refractivity (Wildman–Crippen MR) is 93.6 cm³/mol. The Bertz CT molecular complexity index is 451. The standard InChI is InChI=1S/C15H29N3O3S.ClH/c19-22(20,18-8-10-21-11-9-18)15-2-1-7-17(13-15)12-14-3-5-16-6-4-14;/h14-16H,1-13H2;1H. The molecule has 1 atom stereocenters. The van der Waals surface area contributed by atoms with Gasteiger partial charge in [-0.2, -0.15) is 4.31 Å². The van der Waals surface area contributed by atoms with Crippen molar-refractivity contribution < 1.29 is 13.2 Å². The molecule has 23 heavy (non-hydrogen) atoms. The van der Waals surface area contributed by atoms with Crippen LogP contribution in [0.5, 0.6) is 0 Å². The van der Waals surface area contributed by atoms with Crippen LogP contribution in [0.4, 0.5) is 0 Å². The lowest BCUT2D eigenvalue weighted by Gasteiger charge is -2.38. The van der Waals surface area contributed by atoms with E-state index in [1.807, 2.05) is 0 Å². The van der Waals surface area contributed by atoms with Gasteiger partial charge in [-0.05, 0) is 51.2 Å². The summed E-state index contributed by atoms with van der Waals surface area (Å²) in [5.74, 6) is 0.728. The van der Waals surface area contributed by atoms with Gasteiger partial charge < -0.3 is 15.0 Å². The Labute approximate surface area is 146 Å². The Morgan fingerprint density at radius 1 is 1.04 bits per heavy atom. The van der Waals surface area contributed by atoms with Gasteiger partial charge in [-0.15, -0.1) is 12.4 Å². The third-order valence-electron chi connectivity index (χ3n) is 5.19.